The Morgan fingerprint density at radius 3 is 2.60 bits per heavy atom. The minimum atomic E-state index is -0.143. The molecule has 1 amide bonds. The van der Waals surface area contributed by atoms with Crippen LogP contribution < -0.4 is 5.32 Å². The van der Waals surface area contributed by atoms with Crippen LogP contribution in [-0.2, 0) is 11.2 Å². The van der Waals surface area contributed by atoms with Crippen molar-refractivity contribution >= 4 is 23.5 Å². The number of amides is 1. The Labute approximate surface area is 178 Å². The molecule has 0 radical (unpaired) electrons. The van der Waals surface area contributed by atoms with Crippen LogP contribution in [0.3, 0.4) is 0 Å². The Kier molecular flexibility index (Phi) is 5.94. The van der Waals surface area contributed by atoms with E-state index in [4.69, 9.17) is 5.10 Å². The molecule has 2 aromatic heterocycles. The SMILES string of the molecule is CCc1nc(SCC(=O)Nc2cc(-c3ccc(C)cc3)nn2-c2ccccc2)n[nH]1. The Bertz CT molecular complexity index is 1130. The molecule has 0 atom stereocenters. The lowest BCUT2D eigenvalue weighted by atomic mass is 10.1. The van der Waals surface area contributed by atoms with Gasteiger partial charge in [0.05, 0.1) is 17.1 Å². The summed E-state index contributed by atoms with van der Waals surface area (Å²) < 4.78 is 1.75. The highest BCUT2D eigenvalue weighted by Gasteiger charge is 2.15. The molecule has 0 aliphatic heterocycles. The minimum absolute atomic E-state index is 0.143. The number of anilines is 1. The van der Waals surface area contributed by atoms with Gasteiger partial charge in [0.1, 0.15) is 11.6 Å². The van der Waals surface area contributed by atoms with Crippen molar-refractivity contribution in [3.63, 3.8) is 0 Å². The van der Waals surface area contributed by atoms with Crippen molar-refractivity contribution in [2.24, 2.45) is 0 Å². The average molecular weight is 419 g/mol. The molecule has 30 heavy (non-hydrogen) atoms. The molecular weight excluding hydrogens is 396 g/mol. The first-order valence-corrected chi connectivity index (χ1v) is 10.7. The summed E-state index contributed by atoms with van der Waals surface area (Å²) in [6.07, 6.45) is 0.776. The van der Waals surface area contributed by atoms with E-state index in [1.807, 2.05) is 74.5 Å². The van der Waals surface area contributed by atoms with Gasteiger partial charge in [-0.15, -0.1) is 5.10 Å². The van der Waals surface area contributed by atoms with Crippen LogP contribution in [0.15, 0.2) is 65.8 Å². The van der Waals surface area contributed by atoms with Gasteiger partial charge in [0, 0.05) is 18.1 Å². The molecule has 7 nitrogen and oxygen atoms in total. The first-order valence-electron chi connectivity index (χ1n) is 9.69. The number of benzene rings is 2. The number of aromatic amines is 1. The van der Waals surface area contributed by atoms with Crippen molar-refractivity contribution in [3.05, 3.63) is 72.1 Å². The van der Waals surface area contributed by atoms with Crippen LogP contribution in [0, 0.1) is 6.92 Å². The number of para-hydroxylation sites is 1. The topological polar surface area (TPSA) is 88.5 Å². The summed E-state index contributed by atoms with van der Waals surface area (Å²) in [5, 5.41) is 15.2. The summed E-state index contributed by atoms with van der Waals surface area (Å²) in [7, 11) is 0. The normalized spacial score (nSPS) is 10.9. The van der Waals surface area contributed by atoms with Crippen molar-refractivity contribution in [3.8, 4) is 16.9 Å². The standard InChI is InChI=1S/C22H22N6OS/c1-3-19-23-22(26-25-19)30-14-21(29)24-20-13-18(16-11-9-15(2)10-12-16)27-28(20)17-7-5-4-6-8-17/h4-13H,3,14H2,1-2H3,(H,24,29)(H,23,25,26). The second kappa shape index (κ2) is 8.96. The number of rotatable bonds is 7. The Morgan fingerprint density at radius 1 is 1.13 bits per heavy atom. The summed E-state index contributed by atoms with van der Waals surface area (Å²) in [5.74, 6) is 1.49. The largest absolute Gasteiger partial charge is 0.310 e. The predicted octanol–water partition coefficient (Wildman–Crippen LogP) is 4.26. The number of hydrogen-bond donors (Lipinski definition) is 2. The molecule has 2 N–H and O–H groups in total. The van der Waals surface area contributed by atoms with Crippen LogP contribution in [0.5, 0.6) is 0 Å². The van der Waals surface area contributed by atoms with Gasteiger partial charge in [0.15, 0.2) is 0 Å². The Balaban J connectivity index is 1.56. The Morgan fingerprint density at radius 2 is 1.90 bits per heavy atom. The zero-order valence-corrected chi connectivity index (χ0v) is 17.6. The molecular formula is C22H22N6OS. The summed E-state index contributed by atoms with van der Waals surface area (Å²) in [4.78, 5) is 16.9. The molecule has 8 heteroatoms. The highest BCUT2D eigenvalue weighted by molar-refractivity contribution is 7.99. The number of thioether (sulfide) groups is 1. The molecule has 2 heterocycles. The van der Waals surface area contributed by atoms with E-state index < -0.39 is 0 Å². The van der Waals surface area contributed by atoms with Gasteiger partial charge in [-0.05, 0) is 19.1 Å². The van der Waals surface area contributed by atoms with Gasteiger partial charge < -0.3 is 5.32 Å². The molecule has 4 aromatic rings. The zero-order valence-electron chi connectivity index (χ0n) is 16.8. The van der Waals surface area contributed by atoms with Gasteiger partial charge in [-0.1, -0.05) is 66.7 Å². The molecule has 0 unspecified atom stereocenters. The quantitative estimate of drug-likeness (QED) is 0.438. The van der Waals surface area contributed by atoms with E-state index in [0.717, 1.165) is 29.2 Å². The monoisotopic (exact) mass is 418 g/mol. The maximum atomic E-state index is 12.6. The van der Waals surface area contributed by atoms with Crippen LogP contribution in [-0.4, -0.2) is 36.6 Å². The summed E-state index contributed by atoms with van der Waals surface area (Å²) in [6.45, 7) is 4.05. The second-order valence-corrected chi connectivity index (χ2v) is 7.73. The first-order chi connectivity index (χ1) is 14.6. The molecule has 0 bridgehead atoms. The fraction of sp³-hybridized carbons (Fsp3) is 0.182. The molecule has 152 valence electrons. The molecule has 0 saturated heterocycles. The zero-order chi connectivity index (χ0) is 20.9. The van der Waals surface area contributed by atoms with Crippen LogP contribution >= 0.6 is 11.8 Å². The number of H-pyrrole nitrogens is 1. The summed E-state index contributed by atoms with van der Waals surface area (Å²) in [5.41, 5.74) is 3.85. The molecule has 4 rings (SSSR count). The van der Waals surface area contributed by atoms with Crippen molar-refractivity contribution in [1.29, 1.82) is 0 Å². The van der Waals surface area contributed by atoms with Gasteiger partial charge in [-0.2, -0.15) is 5.10 Å². The lowest BCUT2D eigenvalue weighted by Gasteiger charge is -2.08. The molecule has 0 aliphatic rings. The van der Waals surface area contributed by atoms with E-state index in [0.29, 0.717) is 11.0 Å². The smallest absolute Gasteiger partial charge is 0.236 e. The number of carbonyl (C=O) groups excluding carboxylic acids is 1. The van der Waals surface area contributed by atoms with E-state index in [1.54, 1.807) is 4.68 Å². The molecule has 0 saturated carbocycles. The molecule has 0 aliphatic carbocycles. The Hall–Kier alpha value is -3.39. The van der Waals surface area contributed by atoms with Crippen LogP contribution in [0.2, 0.25) is 0 Å². The van der Waals surface area contributed by atoms with Crippen LogP contribution in [0.1, 0.15) is 18.3 Å². The number of nitrogens with zero attached hydrogens (tertiary/aromatic N) is 4. The highest BCUT2D eigenvalue weighted by atomic mass is 32.2. The first kappa shape index (κ1) is 19.9. The fourth-order valence-corrected chi connectivity index (χ4v) is 3.53. The van der Waals surface area contributed by atoms with E-state index in [9.17, 15) is 4.79 Å². The van der Waals surface area contributed by atoms with Crippen LogP contribution in [0.4, 0.5) is 5.82 Å². The third-order valence-corrected chi connectivity index (χ3v) is 5.35. The van der Waals surface area contributed by atoms with Crippen molar-refractivity contribution in [1.82, 2.24) is 25.0 Å². The maximum absolute atomic E-state index is 12.6. The van der Waals surface area contributed by atoms with Gasteiger partial charge in [-0.25, -0.2) is 9.67 Å². The lowest BCUT2D eigenvalue weighted by Crippen LogP contribution is -2.17. The van der Waals surface area contributed by atoms with Gasteiger partial charge in [0.2, 0.25) is 11.1 Å². The van der Waals surface area contributed by atoms with Crippen molar-refractivity contribution < 1.29 is 4.79 Å². The molecule has 0 fully saturated rings. The third-order valence-electron chi connectivity index (χ3n) is 4.50. The minimum Gasteiger partial charge on any atom is -0.310 e. The van der Waals surface area contributed by atoms with E-state index in [2.05, 4.69) is 20.5 Å². The van der Waals surface area contributed by atoms with E-state index in [1.165, 1.54) is 17.3 Å². The van der Waals surface area contributed by atoms with E-state index in [-0.39, 0.29) is 11.7 Å². The lowest BCUT2D eigenvalue weighted by molar-refractivity contribution is -0.113. The van der Waals surface area contributed by atoms with Crippen molar-refractivity contribution in [2.45, 2.75) is 25.4 Å². The third kappa shape index (κ3) is 4.60. The predicted molar refractivity (Wildman–Crippen MR) is 119 cm³/mol. The fourth-order valence-electron chi connectivity index (χ4n) is 2.91. The van der Waals surface area contributed by atoms with E-state index >= 15 is 0 Å². The second-order valence-electron chi connectivity index (χ2n) is 6.78. The number of aromatic nitrogens is 5. The van der Waals surface area contributed by atoms with Crippen LogP contribution in [0.25, 0.3) is 16.9 Å². The highest BCUT2D eigenvalue weighted by Crippen LogP contribution is 2.25. The van der Waals surface area contributed by atoms with Gasteiger partial charge in [0.25, 0.3) is 0 Å². The maximum Gasteiger partial charge on any atom is 0.236 e. The number of aryl methyl sites for hydroxylation is 2. The van der Waals surface area contributed by atoms with Gasteiger partial charge >= 0.3 is 0 Å². The van der Waals surface area contributed by atoms with Gasteiger partial charge in [-0.3, -0.25) is 9.89 Å². The summed E-state index contributed by atoms with van der Waals surface area (Å²) >= 11 is 1.30. The molecule has 2 aromatic carbocycles. The summed E-state index contributed by atoms with van der Waals surface area (Å²) in [6, 6.07) is 19.8. The number of carbonyl (C=O) groups is 1. The number of hydrogen-bond acceptors (Lipinski definition) is 5. The average Bonchev–Trinajstić information content (AvgIpc) is 3.40. The number of nitrogens with one attached hydrogen (secondary N) is 2. The van der Waals surface area contributed by atoms with Crippen molar-refractivity contribution in [2.75, 3.05) is 11.1 Å². The molecule has 0 spiro atoms.